The second-order valence-electron chi connectivity index (χ2n) is 6.60. The van der Waals surface area contributed by atoms with E-state index < -0.39 is 5.56 Å². The van der Waals surface area contributed by atoms with Gasteiger partial charge in [0.2, 0.25) is 0 Å². The highest BCUT2D eigenvalue weighted by atomic mass is 79.9. The van der Waals surface area contributed by atoms with Crippen molar-refractivity contribution < 1.29 is 14.3 Å². The molecule has 8 nitrogen and oxygen atoms in total. The van der Waals surface area contributed by atoms with Crippen LogP contribution in [0.3, 0.4) is 0 Å². The molecule has 3 aromatic rings. The van der Waals surface area contributed by atoms with Crippen molar-refractivity contribution >= 4 is 39.3 Å². The normalized spacial score (nSPS) is 10.3. The summed E-state index contributed by atoms with van der Waals surface area (Å²) < 4.78 is 11.6. The van der Waals surface area contributed by atoms with Gasteiger partial charge in [-0.3, -0.25) is 9.59 Å². The lowest BCUT2D eigenvalue weighted by Gasteiger charge is -2.15. The van der Waals surface area contributed by atoms with Gasteiger partial charge in [-0.05, 0) is 53.4 Å². The SMILES string of the molecule is COc1cc(-c2nc(SC)[nH]c(=O)c2C#N)cc(Br)c1OCC(=O)Nc1ccc(C)cc1. The van der Waals surface area contributed by atoms with E-state index in [9.17, 15) is 14.9 Å². The summed E-state index contributed by atoms with van der Waals surface area (Å²) in [5.41, 5.74) is 1.84. The van der Waals surface area contributed by atoms with E-state index in [1.54, 1.807) is 18.4 Å². The predicted octanol–water partition coefficient (Wildman–Crippen LogP) is 4.13. The molecule has 1 heterocycles. The maximum absolute atomic E-state index is 12.3. The number of aryl methyl sites for hydroxylation is 1. The van der Waals surface area contributed by atoms with Crippen LogP contribution in [0.2, 0.25) is 0 Å². The molecule has 0 atom stereocenters. The molecule has 0 aliphatic rings. The molecule has 3 rings (SSSR count). The van der Waals surface area contributed by atoms with E-state index in [-0.39, 0.29) is 23.8 Å². The van der Waals surface area contributed by atoms with Crippen LogP contribution < -0.4 is 20.3 Å². The fourth-order valence-corrected chi connectivity index (χ4v) is 3.76. The number of aromatic amines is 1. The summed E-state index contributed by atoms with van der Waals surface area (Å²) >= 11 is 4.68. The van der Waals surface area contributed by atoms with Crippen LogP contribution in [0.4, 0.5) is 5.69 Å². The minimum Gasteiger partial charge on any atom is -0.493 e. The fourth-order valence-electron chi connectivity index (χ4n) is 2.83. The number of nitrogens with zero attached hydrogens (tertiary/aromatic N) is 2. The molecule has 0 unspecified atom stereocenters. The highest BCUT2D eigenvalue weighted by Crippen LogP contribution is 2.39. The van der Waals surface area contributed by atoms with Crippen molar-refractivity contribution in [3.05, 3.63) is 62.4 Å². The number of carbonyl (C=O) groups is 1. The first-order valence-corrected chi connectivity index (χ1v) is 11.3. The van der Waals surface area contributed by atoms with Gasteiger partial charge in [-0.1, -0.05) is 29.5 Å². The van der Waals surface area contributed by atoms with Gasteiger partial charge in [0.05, 0.1) is 17.3 Å². The zero-order chi connectivity index (χ0) is 23.3. The van der Waals surface area contributed by atoms with Crippen molar-refractivity contribution in [3.63, 3.8) is 0 Å². The molecule has 0 saturated carbocycles. The van der Waals surface area contributed by atoms with Crippen LogP contribution in [0.25, 0.3) is 11.3 Å². The zero-order valence-corrected chi connectivity index (χ0v) is 19.9. The number of methoxy groups -OCH3 is 1. The van der Waals surface area contributed by atoms with Crippen molar-refractivity contribution in [3.8, 4) is 28.8 Å². The molecular weight excluding hydrogens is 496 g/mol. The molecule has 0 bridgehead atoms. The summed E-state index contributed by atoms with van der Waals surface area (Å²) in [5.74, 6) is 0.289. The monoisotopic (exact) mass is 514 g/mol. The Hall–Kier alpha value is -3.29. The number of thioether (sulfide) groups is 1. The van der Waals surface area contributed by atoms with E-state index >= 15 is 0 Å². The van der Waals surface area contributed by atoms with Crippen molar-refractivity contribution in [2.24, 2.45) is 0 Å². The number of rotatable bonds is 7. The molecule has 2 N–H and O–H groups in total. The Balaban J connectivity index is 1.87. The fraction of sp³-hybridized carbons (Fsp3) is 0.182. The van der Waals surface area contributed by atoms with Crippen LogP contribution in [0.1, 0.15) is 11.1 Å². The maximum atomic E-state index is 12.3. The maximum Gasteiger partial charge on any atom is 0.270 e. The van der Waals surface area contributed by atoms with Gasteiger partial charge in [0.1, 0.15) is 11.6 Å². The average molecular weight is 515 g/mol. The molecule has 10 heteroatoms. The lowest BCUT2D eigenvalue weighted by Crippen LogP contribution is -2.20. The minimum absolute atomic E-state index is 0.108. The van der Waals surface area contributed by atoms with E-state index in [2.05, 4.69) is 31.2 Å². The third-order valence-corrected chi connectivity index (χ3v) is 5.56. The number of hydrogen-bond acceptors (Lipinski definition) is 7. The number of aromatic nitrogens is 2. The summed E-state index contributed by atoms with van der Waals surface area (Å²) in [7, 11) is 1.45. The molecule has 0 fully saturated rings. The van der Waals surface area contributed by atoms with Crippen molar-refractivity contribution in [2.75, 3.05) is 25.3 Å². The summed E-state index contributed by atoms with van der Waals surface area (Å²) in [5, 5.41) is 12.6. The third-order valence-electron chi connectivity index (χ3n) is 4.39. The Morgan fingerprint density at radius 3 is 2.66 bits per heavy atom. The number of amides is 1. The number of carbonyl (C=O) groups excluding carboxylic acids is 1. The van der Waals surface area contributed by atoms with E-state index in [1.807, 2.05) is 37.3 Å². The molecule has 0 spiro atoms. The van der Waals surface area contributed by atoms with E-state index in [1.165, 1.54) is 18.9 Å². The smallest absolute Gasteiger partial charge is 0.270 e. The van der Waals surface area contributed by atoms with Gasteiger partial charge < -0.3 is 19.8 Å². The molecule has 1 aromatic heterocycles. The van der Waals surface area contributed by atoms with E-state index in [0.717, 1.165) is 5.56 Å². The lowest BCUT2D eigenvalue weighted by atomic mass is 10.1. The second kappa shape index (κ2) is 10.3. The minimum atomic E-state index is -0.523. The van der Waals surface area contributed by atoms with Crippen LogP contribution >= 0.6 is 27.7 Å². The molecule has 0 aliphatic carbocycles. The average Bonchev–Trinajstić information content (AvgIpc) is 2.78. The molecule has 2 aromatic carbocycles. The first-order chi connectivity index (χ1) is 15.4. The number of benzene rings is 2. The van der Waals surface area contributed by atoms with Crippen molar-refractivity contribution in [1.82, 2.24) is 9.97 Å². The molecule has 0 aliphatic heterocycles. The number of halogens is 1. The number of H-pyrrole nitrogens is 1. The number of nitrogens with one attached hydrogen (secondary N) is 2. The quantitative estimate of drug-likeness (QED) is 0.359. The zero-order valence-electron chi connectivity index (χ0n) is 17.5. The number of ether oxygens (including phenoxy) is 2. The summed E-state index contributed by atoms with van der Waals surface area (Å²) in [4.78, 5) is 31.4. The summed E-state index contributed by atoms with van der Waals surface area (Å²) in [6.45, 7) is 1.72. The number of nitriles is 1. The van der Waals surface area contributed by atoms with E-state index in [0.29, 0.717) is 32.4 Å². The van der Waals surface area contributed by atoms with Gasteiger partial charge in [0.15, 0.2) is 23.3 Å². The van der Waals surface area contributed by atoms with Gasteiger partial charge >= 0.3 is 0 Å². The molecule has 0 saturated heterocycles. The van der Waals surface area contributed by atoms with Gasteiger partial charge in [0, 0.05) is 11.3 Å². The largest absolute Gasteiger partial charge is 0.493 e. The van der Waals surface area contributed by atoms with Crippen LogP contribution in [0, 0.1) is 18.3 Å². The second-order valence-corrected chi connectivity index (χ2v) is 8.25. The van der Waals surface area contributed by atoms with Gasteiger partial charge in [0.25, 0.3) is 11.5 Å². The van der Waals surface area contributed by atoms with Gasteiger partial charge in [-0.2, -0.15) is 5.26 Å². The Morgan fingerprint density at radius 2 is 2.03 bits per heavy atom. The third kappa shape index (κ3) is 5.30. The highest BCUT2D eigenvalue weighted by Gasteiger charge is 2.19. The van der Waals surface area contributed by atoms with Crippen LogP contribution in [0.5, 0.6) is 11.5 Å². The Bertz CT molecular complexity index is 1250. The molecule has 32 heavy (non-hydrogen) atoms. The summed E-state index contributed by atoms with van der Waals surface area (Å²) in [6.07, 6.45) is 1.77. The Morgan fingerprint density at radius 1 is 1.31 bits per heavy atom. The molecular formula is C22H19BrN4O4S. The lowest BCUT2D eigenvalue weighted by molar-refractivity contribution is -0.118. The van der Waals surface area contributed by atoms with Gasteiger partial charge in [-0.25, -0.2) is 4.98 Å². The van der Waals surface area contributed by atoms with Crippen molar-refractivity contribution in [2.45, 2.75) is 12.1 Å². The van der Waals surface area contributed by atoms with Crippen LogP contribution in [-0.2, 0) is 4.79 Å². The molecule has 0 radical (unpaired) electrons. The highest BCUT2D eigenvalue weighted by molar-refractivity contribution is 9.10. The first kappa shape index (κ1) is 23.4. The number of anilines is 1. The van der Waals surface area contributed by atoms with Crippen LogP contribution in [0.15, 0.2) is 50.8 Å². The molecule has 164 valence electrons. The Labute approximate surface area is 197 Å². The standard InChI is InChI=1S/C22H19BrN4O4S/c1-12-4-6-14(7-5-12)25-18(28)11-31-20-16(23)8-13(9-17(20)30-2)19-15(10-24)21(29)27-22(26-19)32-3/h4-9H,11H2,1-3H3,(H,25,28)(H,26,27,29). The van der Waals surface area contributed by atoms with E-state index in [4.69, 9.17) is 9.47 Å². The topological polar surface area (TPSA) is 117 Å². The van der Waals surface area contributed by atoms with Crippen molar-refractivity contribution in [1.29, 1.82) is 5.26 Å². The Kier molecular flexibility index (Phi) is 7.56. The number of hydrogen-bond donors (Lipinski definition) is 2. The molecule has 1 amide bonds. The first-order valence-electron chi connectivity index (χ1n) is 9.32. The summed E-state index contributed by atoms with van der Waals surface area (Å²) in [6, 6.07) is 12.6. The predicted molar refractivity (Wildman–Crippen MR) is 126 cm³/mol. The van der Waals surface area contributed by atoms with Crippen LogP contribution in [-0.4, -0.2) is 35.8 Å². The van der Waals surface area contributed by atoms with Gasteiger partial charge in [-0.15, -0.1) is 0 Å².